The van der Waals surface area contributed by atoms with Crippen LogP contribution in [-0.4, -0.2) is 40.3 Å². The fourth-order valence-electron chi connectivity index (χ4n) is 2.37. The van der Waals surface area contributed by atoms with Crippen molar-refractivity contribution in [3.8, 4) is 0 Å². The van der Waals surface area contributed by atoms with Gasteiger partial charge in [0.05, 0.1) is 5.75 Å². The van der Waals surface area contributed by atoms with E-state index in [1.807, 2.05) is 24.3 Å². The molecule has 0 unspecified atom stereocenters. The molecule has 142 valence electrons. The summed E-state index contributed by atoms with van der Waals surface area (Å²) in [6, 6.07) is 7.53. The molecule has 0 bridgehead atoms. The highest BCUT2D eigenvalue weighted by atomic mass is 127. The van der Waals surface area contributed by atoms with E-state index in [4.69, 9.17) is 11.6 Å². The third-order valence-electron chi connectivity index (χ3n) is 4.05. The Labute approximate surface area is 172 Å². The van der Waals surface area contributed by atoms with Crippen molar-refractivity contribution in [1.82, 2.24) is 15.4 Å². The van der Waals surface area contributed by atoms with Crippen LogP contribution in [0.15, 0.2) is 29.3 Å². The molecule has 1 aliphatic carbocycles. The van der Waals surface area contributed by atoms with Crippen LogP contribution in [0.25, 0.3) is 0 Å². The molecule has 0 heterocycles. The zero-order chi connectivity index (χ0) is 17.4. The number of benzene rings is 1. The number of hydrogen-bond donors (Lipinski definition) is 3. The number of rotatable bonds is 8. The quantitative estimate of drug-likeness (QED) is 0.291. The molecule has 1 aromatic rings. The molecule has 3 N–H and O–H groups in total. The second-order valence-corrected chi connectivity index (χ2v) is 8.31. The molecule has 0 atom stereocenters. The summed E-state index contributed by atoms with van der Waals surface area (Å²) < 4.78 is 26.5. The van der Waals surface area contributed by atoms with E-state index in [1.165, 1.54) is 6.42 Å². The largest absolute Gasteiger partial charge is 0.355 e. The minimum Gasteiger partial charge on any atom is -0.355 e. The van der Waals surface area contributed by atoms with Gasteiger partial charge in [0.15, 0.2) is 5.96 Å². The molecule has 1 saturated carbocycles. The minimum absolute atomic E-state index is 0. The summed E-state index contributed by atoms with van der Waals surface area (Å²) >= 11 is 5.95. The number of sulfonamides is 1. The molecule has 0 saturated heterocycles. The molecule has 1 fully saturated rings. The Morgan fingerprint density at radius 2 is 2.08 bits per heavy atom. The van der Waals surface area contributed by atoms with E-state index in [9.17, 15) is 8.42 Å². The van der Waals surface area contributed by atoms with Crippen molar-refractivity contribution in [2.45, 2.75) is 25.8 Å². The lowest BCUT2D eigenvalue weighted by atomic mass is 9.86. The van der Waals surface area contributed by atoms with Gasteiger partial charge >= 0.3 is 0 Å². The van der Waals surface area contributed by atoms with Gasteiger partial charge in [-0.3, -0.25) is 4.99 Å². The standard InChI is InChI=1S/C16H25ClN4O2S.HI/c1-18-16(20-11-14-6-3-7-15(17)10-14)19-8-9-24(22,23)21-12-13-4-2-5-13;/h3,6-7,10,13,21H,2,4-5,8-9,11-12H2,1H3,(H2,18,19,20);1H. The first-order valence-electron chi connectivity index (χ1n) is 8.15. The summed E-state index contributed by atoms with van der Waals surface area (Å²) in [7, 11) is -1.59. The van der Waals surface area contributed by atoms with Crippen molar-refractivity contribution in [3.63, 3.8) is 0 Å². The van der Waals surface area contributed by atoms with E-state index in [0.29, 0.717) is 36.5 Å². The van der Waals surface area contributed by atoms with Gasteiger partial charge in [-0.2, -0.15) is 0 Å². The van der Waals surface area contributed by atoms with Crippen molar-refractivity contribution >= 4 is 51.6 Å². The van der Waals surface area contributed by atoms with Crippen molar-refractivity contribution in [2.75, 3.05) is 25.9 Å². The van der Waals surface area contributed by atoms with E-state index < -0.39 is 10.0 Å². The SMILES string of the molecule is CN=C(NCCS(=O)(=O)NCC1CCC1)NCc1cccc(Cl)c1.I. The molecular formula is C16H26ClIN4O2S. The lowest BCUT2D eigenvalue weighted by Crippen LogP contribution is -2.41. The highest BCUT2D eigenvalue weighted by Gasteiger charge is 2.19. The summed E-state index contributed by atoms with van der Waals surface area (Å²) in [4.78, 5) is 4.09. The summed E-state index contributed by atoms with van der Waals surface area (Å²) in [6.07, 6.45) is 3.46. The first-order valence-corrected chi connectivity index (χ1v) is 10.2. The van der Waals surface area contributed by atoms with Crippen LogP contribution in [0.5, 0.6) is 0 Å². The van der Waals surface area contributed by atoms with Crippen LogP contribution in [0.4, 0.5) is 0 Å². The van der Waals surface area contributed by atoms with Crippen LogP contribution in [0.1, 0.15) is 24.8 Å². The highest BCUT2D eigenvalue weighted by Crippen LogP contribution is 2.25. The fourth-order valence-corrected chi connectivity index (χ4v) is 3.59. The lowest BCUT2D eigenvalue weighted by molar-refractivity contribution is 0.316. The average Bonchev–Trinajstić information content (AvgIpc) is 2.49. The molecule has 6 nitrogen and oxygen atoms in total. The molecule has 0 radical (unpaired) electrons. The zero-order valence-corrected chi connectivity index (χ0v) is 18.2. The maximum atomic E-state index is 11.9. The Hall–Kier alpha value is -0.580. The number of nitrogens with one attached hydrogen (secondary N) is 3. The van der Waals surface area contributed by atoms with E-state index >= 15 is 0 Å². The van der Waals surface area contributed by atoms with Crippen LogP contribution in [0.3, 0.4) is 0 Å². The Kier molecular flexibility index (Phi) is 10.1. The van der Waals surface area contributed by atoms with Crippen molar-refractivity contribution in [2.24, 2.45) is 10.9 Å². The highest BCUT2D eigenvalue weighted by molar-refractivity contribution is 14.0. The number of hydrogen-bond acceptors (Lipinski definition) is 3. The third kappa shape index (κ3) is 8.57. The minimum atomic E-state index is -3.24. The molecule has 0 aliphatic heterocycles. The second-order valence-electron chi connectivity index (χ2n) is 5.95. The predicted molar refractivity (Wildman–Crippen MR) is 114 cm³/mol. The Balaban J connectivity index is 0.00000312. The summed E-state index contributed by atoms with van der Waals surface area (Å²) in [6.45, 7) is 1.42. The van der Waals surface area contributed by atoms with Gasteiger partial charge in [-0.25, -0.2) is 13.1 Å². The number of halogens is 2. The molecule has 0 spiro atoms. The molecule has 9 heteroatoms. The van der Waals surface area contributed by atoms with E-state index in [2.05, 4.69) is 20.3 Å². The maximum absolute atomic E-state index is 11.9. The van der Waals surface area contributed by atoms with Gasteiger partial charge in [0.1, 0.15) is 0 Å². The van der Waals surface area contributed by atoms with Crippen LogP contribution in [0, 0.1) is 5.92 Å². The first-order chi connectivity index (χ1) is 11.5. The summed E-state index contributed by atoms with van der Waals surface area (Å²) in [5, 5.41) is 6.83. The van der Waals surface area contributed by atoms with Crippen LogP contribution >= 0.6 is 35.6 Å². The third-order valence-corrected chi connectivity index (χ3v) is 5.64. The zero-order valence-electron chi connectivity index (χ0n) is 14.3. The van der Waals surface area contributed by atoms with Crippen molar-refractivity contribution in [3.05, 3.63) is 34.9 Å². The Morgan fingerprint density at radius 3 is 2.68 bits per heavy atom. The Morgan fingerprint density at radius 1 is 1.32 bits per heavy atom. The van der Waals surface area contributed by atoms with Crippen LogP contribution < -0.4 is 15.4 Å². The fraction of sp³-hybridized carbons (Fsp3) is 0.562. The van der Waals surface area contributed by atoms with E-state index in [-0.39, 0.29) is 29.7 Å². The van der Waals surface area contributed by atoms with Gasteiger partial charge in [0.25, 0.3) is 0 Å². The van der Waals surface area contributed by atoms with E-state index in [1.54, 1.807) is 7.05 Å². The summed E-state index contributed by atoms with van der Waals surface area (Å²) in [5.41, 5.74) is 1.03. The van der Waals surface area contributed by atoms with Gasteiger partial charge in [0, 0.05) is 31.7 Å². The number of aliphatic imine (C=N–C) groups is 1. The normalized spacial score (nSPS) is 15.2. The smallest absolute Gasteiger partial charge is 0.213 e. The first kappa shape index (κ1) is 22.5. The number of guanidine groups is 1. The van der Waals surface area contributed by atoms with Crippen LogP contribution in [0.2, 0.25) is 5.02 Å². The predicted octanol–water partition coefficient (Wildman–Crippen LogP) is 2.34. The molecule has 1 aromatic carbocycles. The van der Waals surface area contributed by atoms with Gasteiger partial charge in [-0.05, 0) is 36.5 Å². The van der Waals surface area contributed by atoms with Crippen molar-refractivity contribution in [1.29, 1.82) is 0 Å². The molecule has 2 rings (SSSR count). The maximum Gasteiger partial charge on any atom is 0.213 e. The Bertz CT molecular complexity index is 666. The molecular weight excluding hydrogens is 475 g/mol. The lowest BCUT2D eigenvalue weighted by Gasteiger charge is -2.25. The molecule has 0 amide bonds. The molecule has 25 heavy (non-hydrogen) atoms. The van der Waals surface area contributed by atoms with Crippen LogP contribution in [-0.2, 0) is 16.6 Å². The average molecular weight is 501 g/mol. The second kappa shape index (κ2) is 11.2. The topological polar surface area (TPSA) is 82.6 Å². The summed E-state index contributed by atoms with van der Waals surface area (Å²) in [5.74, 6) is 1.10. The number of nitrogens with zero attached hydrogens (tertiary/aromatic N) is 1. The van der Waals surface area contributed by atoms with E-state index in [0.717, 1.165) is 18.4 Å². The molecule has 0 aromatic heterocycles. The van der Waals surface area contributed by atoms with Gasteiger partial charge < -0.3 is 10.6 Å². The van der Waals surface area contributed by atoms with Gasteiger partial charge in [0.2, 0.25) is 10.0 Å². The van der Waals surface area contributed by atoms with Gasteiger partial charge in [-0.15, -0.1) is 24.0 Å². The van der Waals surface area contributed by atoms with Gasteiger partial charge in [-0.1, -0.05) is 30.2 Å². The molecule has 1 aliphatic rings. The monoisotopic (exact) mass is 500 g/mol. The van der Waals surface area contributed by atoms with Crippen molar-refractivity contribution < 1.29 is 8.42 Å².